The highest BCUT2D eigenvalue weighted by molar-refractivity contribution is 5.71. The molecule has 1 atom stereocenters. The van der Waals surface area contributed by atoms with Gasteiger partial charge in [0.15, 0.2) is 6.10 Å². The Balaban J connectivity index is 3.93. The predicted molar refractivity (Wildman–Crippen MR) is 280 cm³/mol. The van der Waals surface area contributed by atoms with Crippen molar-refractivity contribution < 1.29 is 28.6 Å². The van der Waals surface area contributed by atoms with Crippen LogP contribution in [0.3, 0.4) is 0 Å². The van der Waals surface area contributed by atoms with Crippen molar-refractivity contribution in [1.29, 1.82) is 0 Å². The van der Waals surface area contributed by atoms with Gasteiger partial charge in [0.2, 0.25) is 0 Å². The van der Waals surface area contributed by atoms with Gasteiger partial charge in [0.25, 0.3) is 0 Å². The van der Waals surface area contributed by atoms with Gasteiger partial charge in [0.05, 0.1) is 0 Å². The number of hydrogen-bond donors (Lipinski definition) is 0. The number of ether oxygens (including phenoxy) is 3. The average Bonchev–Trinajstić information content (AvgIpc) is 3.30. The Morgan fingerprint density at radius 1 is 0.246 bits per heavy atom. The van der Waals surface area contributed by atoms with E-state index in [1.165, 1.54) is 244 Å². The summed E-state index contributed by atoms with van der Waals surface area (Å²) >= 11 is 0. The normalized spacial score (nSPS) is 11.9. The number of unbranched alkanes of at least 4 members (excludes halogenated alkanes) is 44. The molecule has 65 heavy (non-hydrogen) atoms. The molecule has 0 aromatic carbocycles. The van der Waals surface area contributed by atoms with Gasteiger partial charge in [-0.25, -0.2) is 0 Å². The van der Waals surface area contributed by atoms with E-state index in [1.54, 1.807) is 0 Å². The zero-order valence-corrected chi connectivity index (χ0v) is 44.3. The van der Waals surface area contributed by atoms with Gasteiger partial charge in [0.1, 0.15) is 13.2 Å². The summed E-state index contributed by atoms with van der Waals surface area (Å²) in [5.41, 5.74) is 0. The third-order valence-corrected chi connectivity index (χ3v) is 13.6. The first-order valence-electron chi connectivity index (χ1n) is 29.5. The van der Waals surface area contributed by atoms with E-state index in [-0.39, 0.29) is 31.1 Å². The summed E-state index contributed by atoms with van der Waals surface area (Å²) in [6.07, 6.45) is 61.5. The molecule has 0 spiro atoms. The summed E-state index contributed by atoms with van der Waals surface area (Å²) in [4.78, 5) is 37.8. The van der Waals surface area contributed by atoms with E-state index < -0.39 is 6.10 Å². The van der Waals surface area contributed by atoms with Crippen LogP contribution in [-0.2, 0) is 28.6 Å². The minimum absolute atomic E-state index is 0.0625. The zero-order chi connectivity index (χ0) is 47.2. The Bertz CT molecular complexity index is 967. The lowest BCUT2D eigenvalue weighted by molar-refractivity contribution is -0.167. The van der Waals surface area contributed by atoms with Crippen LogP contribution in [0.2, 0.25) is 0 Å². The molecule has 0 rings (SSSR count). The van der Waals surface area contributed by atoms with E-state index in [2.05, 4.69) is 20.8 Å². The summed E-state index contributed by atoms with van der Waals surface area (Å²) < 4.78 is 16.7. The van der Waals surface area contributed by atoms with Gasteiger partial charge < -0.3 is 14.2 Å². The lowest BCUT2D eigenvalue weighted by Crippen LogP contribution is -2.30. The van der Waals surface area contributed by atoms with Crippen molar-refractivity contribution in [3.05, 3.63) is 0 Å². The Hall–Kier alpha value is -1.59. The summed E-state index contributed by atoms with van der Waals surface area (Å²) in [6.45, 7) is 6.64. The van der Waals surface area contributed by atoms with E-state index in [1.807, 2.05) is 0 Å². The molecular formula is C59H114O6. The van der Waals surface area contributed by atoms with Crippen molar-refractivity contribution in [2.75, 3.05) is 13.2 Å². The van der Waals surface area contributed by atoms with E-state index in [4.69, 9.17) is 14.2 Å². The van der Waals surface area contributed by atoms with Crippen LogP contribution in [0.1, 0.15) is 342 Å². The van der Waals surface area contributed by atoms with Gasteiger partial charge in [-0.3, -0.25) is 14.4 Å². The molecule has 0 fully saturated rings. The topological polar surface area (TPSA) is 78.9 Å². The Kier molecular flexibility index (Phi) is 53.7. The standard InChI is InChI=1S/C59H114O6/c1-4-7-10-13-16-18-20-22-23-24-25-26-27-28-29-30-31-32-33-34-35-36-38-39-41-43-46-49-52-58(61)64-55-56(54-63-57(60)51-48-45-15-12-9-6-3)65-59(62)53-50-47-44-42-40-37-21-19-17-14-11-8-5-2/h56H,4-55H2,1-3H3. The van der Waals surface area contributed by atoms with Gasteiger partial charge in [-0.1, -0.05) is 303 Å². The number of esters is 3. The van der Waals surface area contributed by atoms with Gasteiger partial charge >= 0.3 is 17.9 Å². The maximum atomic E-state index is 12.7. The summed E-state index contributed by atoms with van der Waals surface area (Å²) in [6, 6.07) is 0. The second-order valence-electron chi connectivity index (χ2n) is 20.3. The minimum atomic E-state index is -0.759. The highest BCUT2D eigenvalue weighted by Crippen LogP contribution is 2.18. The first-order valence-corrected chi connectivity index (χ1v) is 29.5. The van der Waals surface area contributed by atoms with E-state index in [0.717, 1.165) is 57.8 Å². The SMILES string of the molecule is CCCCCCCCCCCCCCCCCCCCCCCCCCCCCCC(=O)OCC(COC(=O)CCCCCCCC)OC(=O)CCCCCCCCCCCCCCC. The van der Waals surface area contributed by atoms with Crippen molar-refractivity contribution in [2.45, 2.75) is 348 Å². The molecule has 0 saturated heterocycles. The van der Waals surface area contributed by atoms with Crippen molar-refractivity contribution in [3.8, 4) is 0 Å². The number of carbonyl (C=O) groups is 3. The van der Waals surface area contributed by atoms with Crippen LogP contribution in [0.25, 0.3) is 0 Å². The molecule has 6 heteroatoms. The molecule has 386 valence electrons. The number of carbonyl (C=O) groups excluding carboxylic acids is 3. The van der Waals surface area contributed by atoms with E-state index in [9.17, 15) is 14.4 Å². The van der Waals surface area contributed by atoms with Crippen molar-refractivity contribution >= 4 is 17.9 Å². The molecule has 0 amide bonds. The summed E-state index contributed by atoms with van der Waals surface area (Å²) in [5, 5.41) is 0. The van der Waals surface area contributed by atoms with Crippen LogP contribution in [0.5, 0.6) is 0 Å². The predicted octanol–water partition coefficient (Wildman–Crippen LogP) is 19.5. The zero-order valence-electron chi connectivity index (χ0n) is 44.3. The van der Waals surface area contributed by atoms with E-state index >= 15 is 0 Å². The summed E-state index contributed by atoms with van der Waals surface area (Å²) in [5.74, 6) is -0.849. The molecule has 6 nitrogen and oxygen atoms in total. The molecular weight excluding hydrogens is 805 g/mol. The monoisotopic (exact) mass is 919 g/mol. The lowest BCUT2D eigenvalue weighted by atomic mass is 10.0. The van der Waals surface area contributed by atoms with Gasteiger partial charge in [-0.05, 0) is 19.3 Å². The van der Waals surface area contributed by atoms with Crippen LogP contribution in [-0.4, -0.2) is 37.2 Å². The molecule has 0 aromatic heterocycles. The summed E-state index contributed by atoms with van der Waals surface area (Å²) in [7, 11) is 0. The van der Waals surface area contributed by atoms with Crippen LogP contribution in [0.15, 0.2) is 0 Å². The van der Waals surface area contributed by atoms with Crippen molar-refractivity contribution in [2.24, 2.45) is 0 Å². The third-order valence-electron chi connectivity index (χ3n) is 13.6. The minimum Gasteiger partial charge on any atom is -0.462 e. The van der Waals surface area contributed by atoms with Crippen LogP contribution in [0, 0.1) is 0 Å². The Morgan fingerprint density at radius 2 is 0.415 bits per heavy atom. The smallest absolute Gasteiger partial charge is 0.306 e. The van der Waals surface area contributed by atoms with Crippen molar-refractivity contribution in [1.82, 2.24) is 0 Å². The Morgan fingerprint density at radius 3 is 0.615 bits per heavy atom. The van der Waals surface area contributed by atoms with Crippen LogP contribution in [0.4, 0.5) is 0 Å². The number of rotatable bonds is 55. The fourth-order valence-electron chi connectivity index (χ4n) is 9.15. The highest BCUT2D eigenvalue weighted by atomic mass is 16.6. The van der Waals surface area contributed by atoms with Gasteiger partial charge in [0, 0.05) is 19.3 Å². The molecule has 0 bridgehead atoms. The maximum Gasteiger partial charge on any atom is 0.306 e. The fraction of sp³-hybridized carbons (Fsp3) is 0.949. The molecule has 0 N–H and O–H groups in total. The van der Waals surface area contributed by atoms with Crippen LogP contribution >= 0.6 is 0 Å². The molecule has 0 aliphatic heterocycles. The Labute approximate surface area is 406 Å². The lowest BCUT2D eigenvalue weighted by Gasteiger charge is -2.18. The second-order valence-corrected chi connectivity index (χ2v) is 20.3. The van der Waals surface area contributed by atoms with Gasteiger partial charge in [-0.15, -0.1) is 0 Å². The molecule has 0 saturated carbocycles. The molecule has 1 unspecified atom stereocenters. The third kappa shape index (κ3) is 53.2. The first kappa shape index (κ1) is 63.4. The second kappa shape index (κ2) is 55.0. The van der Waals surface area contributed by atoms with Gasteiger partial charge in [-0.2, -0.15) is 0 Å². The van der Waals surface area contributed by atoms with Crippen LogP contribution < -0.4 is 0 Å². The fourth-order valence-corrected chi connectivity index (χ4v) is 9.15. The highest BCUT2D eigenvalue weighted by Gasteiger charge is 2.19. The first-order chi connectivity index (χ1) is 32.0. The maximum absolute atomic E-state index is 12.7. The van der Waals surface area contributed by atoms with E-state index in [0.29, 0.717) is 19.3 Å². The largest absolute Gasteiger partial charge is 0.462 e. The molecule has 0 aliphatic rings. The quantitative estimate of drug-likeness (QED) is 0.0344. The molecule has 0 radical (unpaired) electrons. The molecule has 0 aromatic rings. The molecule has 0 heterocycles. The average molecular weight is 920 g/mol. The number of hydrogen-bond acceptors (Lipinski definition) is 6. The molecule has 0 aliphatic carbocycles. The van der Waals surface area contributed by atoms with Crippen molar-refractivity contribution in [3.63, 3.8) is 0 Å².